The van der Waals surface area contributed by atoms with Crippen molar-refractivity contribution < 1.29 is 4.74 Å². The summed E-state index contributed by atoms with van der Waals surface area (Å²) in [5.41, 5.74) is 3.44. The maximum absolute atomic E-state index is 6.01. The van der Waals surface area contributed by atoms with E-state index < -0.39 is 0 Å². The number of piperidine rings is 1. The van der Waals surface area contributed by atoms with Gasteiger partial charge in [0, 0.05) is 24.5 Å². The van der Waals surface area contributed by atoms with E-state index in [-0.39, 0.29) is 0 Å². The molecule has 150 valence electrons. The Morgan fingerprint density at radius 3 is 2.48 bits per heavy atom. The van der Waals surface area contributed by atoms with Gasteiger partial charge in [0.2, 0.25) is 0 Å². The maximum Gasteiger partial charge on any atom is 0.120 e. The molecular formula is C25H29N3O. The van der Waals surface area contributed by atoms with Crippen molar-refractivity contribution in [2.24, 2.45) is 0 Å². The van der Waals surface area contributed by atoms with Gasteiger partial charge in [0.25, 0.3) is 0 Å². The van der Waals surface area contributed by atoms with E-state index in [1.165, 1.54) is 50.0 Å². The molecule has 4 heteroatoms. The average Bonchev–Trinajstić information content (AvgIpc) is 3.33. The van der Waals surface area contributed by atoms with Crippen molar-refractivity contribution in [3.63, 3.8) is 0 Å². The number of hydrogen-bond donors (Lipinski definition) is 0. The summed E-state index contributed by atoms with van der Waals surface area (Å²) in [6.07, 6.45) is 7.31. The molecular weight excluding hydrogens is 358 g/mol. The lowest BCUT2D eigenvalue weighted by molar-refractivity contribution is 0.208. The van der Waals surface area contributed by atoms with Gasteiger partial charge in [-0.3, -0.25) is 4.98 Å². The first kappa shape index (κ1) is 18.4. The van der Waals surface area contributed by atoms with Crippen LogP contribution >= 0.6 is 0 Å². The van der Waals surface area contributed by atoms with E-state index in [2.05, 4.69) is 40.1 Å². The largest absolute Gasteiger partial charge is 0.489 e. The lowest BCUT2D eigenvalue weighted by Crippen LogP contribution is -2.43. The number of aromatic nitrogens is 1. The quantitative estimate of drug-likeness (QED) is 0.624. The topological polar surface area (TPSA) is 28.6 Å². The highest BCUT2D eigenvalue weighted by atomic mass is 16.5. The molecule has 3 heterocycles. The summed E-state index contributed by atoms with van der Waals surface area (Å²) in [5, 5.41) is 1.15. The first-order valence-corrected chi connectivity index (χ1v) is 10.9. The van der Waals surface area contributed by atoms with Gasteiger partial charge in [-0.25, -0.2) is 0 Å². The third kappa shape index (κ3) is 4.23. The van der Waals surface area contributed by atoms with Crippen LogP contribution in [0.5, 0.6) is 5.75 Å². The van der Waals surface area contributed by atoms with E-state index in [0.717, 1.165) is 35.8 Å². The molecule has 0 saturated carbocycles. The Kier molecular flexibility index (Phi) is 5.35. The number of anilines is 1. The molecule has 0 amide bonds. The van der Waals surface area contributed by atoms with E-state index in [4.69, 9.17) is 9.72 Å². The van der Waals surface area contributed by atoms with Crippen LogP contribution in [0.15, 0.2) is 60.8 Å². The summed E-state index contributed by atoms with van der Waals surface area (Å²) in [5.74, 6) is 0.896. The summed E-state index contributed by atoms with van der Waals surface area (Å²) < 4.78 is 6.01. The lowest BCUT2D eigenvalue weighted by atomic mass is 10.0. The first-order valence-electron chi connectivity index (χ1n) is 10.9. The minimum absolute atomic E-state index is 0.587. The second-order valence-electron chi connectivity index (χ2n) is 8.28. The molecule has 5 rings (SSSR count). The van der Waals surface area contributed by atoms with Gasteiger partial charge in [-0.1, -0.05) is 30.3 Å². The highest BCUT2D eigenvalue weighted by molar-refractivity contribution is 5.83. The van der Waals surface area contributed by atoms with Crippen LogP contribution in [0.1, 0.15) is 31.2 Å². The number of pyridine rings is 1. The van der Waals surface area contributed by atoms with Crippen molar-refractivity contribution in [3.05, 3.63) is 66.4 Å². The van der Waals surface area contributed by atoms with Crippen LogP contribution in [0.3, 0.4) is 0 Å². The molecule has 0 atom stereocenters. The normalized spacial score (nSPS) is 18.4. The van der Waals surface area contributed by atoms with Crippen LogP contribution < -0.4 is 9.64 Å². The number of likely N-dealkylation sites (tertiary alicyclic amines) is 1. The average molecular weight is 388 g/mol. The summed E-state index contributed by atoms with van der Waals surface area (Å²) in [6, 6.07) is 19.5. The summed E-state index contributed by atoms with van der Waals surface area (Å²) in [6.45, 7) is 5.43. The van der Waals surface area contributed by atoms with E-state index in [1.807, 2.05) is 30.5 Å². The summed E-state index contributed by atoms with van der Waals surface area (Å²) >= 11 is 0. The van der Waals surface area contributed by atoms with Crippen LogP contribution in [0, 0.1) is 0 Å². The maximum atomic E-state index is 6.01. The molecule has 2 saturated heterocycles. The second kappa shape index (κ2) is 8.42. The minimum Gasteiger partial charge on any atom is -0.489 e. The Bertz CT molecular complexity index is 945. The van der Waals surface area contributed by atoms with E-state index in [9.17, 15) is 0 Å². The molecule has 0 bridgehead atoms. The zero-order valence-corrected chi connectivity index (χ0v) is 17.0. The number of hydrogen-bond acceptors (Lipinski definition) is 4. The zero-order chi connectivity index (χ0) is 19.5. The molecule has 0 aliphatic carbocycles. The van der Waals surface area contributed by atoms with Crippen molar-refractivity contribution in [2.45, 2.75) is 38.3 Å². The fourth-order valence-corrected chi connectivity index (χ4v) is 4.70. The molecule has 0 radical (unpaired) electrons. The third-order valence-corrected chi connectivity index (χ3v) is 6.37. The molecule has 2 fully saturated rings. The van der Waals surface area contributed by atoms with Crippen LogP contribution in [0.25, 0.3) is 10.9 Å². The Morgan fingerprint density at radius 2 is 1.69 bits per heavy atom. The van der Waals surface area contributed by atoms with Gasteiger partial charge >= 0.3 is 0 Å². The molecule has 1 aromatic heterocycles. The fourth-order valence-electron chi connectivity index (χ4n) is 4.70. The first-order chi connectivity index (χ1) is 14.3. The summed E-state index contributed by atoms with van der Waals surface area (Å²) in [4.78, 5) is 9.90. The van der Waals surface area contributed by atoms with Crippen LogP contribution in [-0.2, 0) is 6.61 Å². The van der Waals surface area contributed by atoms with Crippen molar-refractivity contribution in [3.8, 4) is 5.75 Å². The van der Waals surface area contributed by atoms with Gasteiger partial charge in [0.05, 0.1) is 17.4 Å². The fraction of sp³-hybridized carbons (Fsp3) is 0.400. The van der Waals surface area contributed by atoms with Gasteiger partial charge < -0.3 is 14.5 Å². The number of rotatable bonds is 5. The van der Waals surface area contributed by atoms with Crippen molar-refractivity contribution in [1.82, 2.24) is 9.88 Å². The predicted octanol–water partition coefficient (Wildman–Crippen LogP) is 4.88. The van der Waals surface area contributed by atoms with Crippen LogP contribution in [-0.4, -0.2) is 42.1 Å². The summed E-state index contributed by atoms with van der Waals surface area (Å²) in [7, 11) is 0. The van der Waals surface area contributed by atoms with Gasteiger partial charge in [0.15, 0.2) is 0 Å². The standard InChI is InChI=1S/C25H29N3O/c1-2-6-20(7-3-1)19-29-24-8-9-25-21(17-24)16-23(18-26-25)28-14-10-22(11-15-28)27-12-4-5-13-27/h1-3,6-9,16-18,22H,4-5,10-15,19H2. The zero-order valence-electron chi connectivity index (χ0n) is 17.0. The SMILES string of the molecule is c1ccc(COc2ccc3ncc(N4CCC(N5CCCC5)CC4)cc3c2)cc1. The molecule has 0 N–H and O–H groups in total. The highest BCUT2D eigenvalue weighted by Crippen LogP contribution is 2.28. The van der Waals surface area contributed by atoms with Gasteiger partial charge in [-0.2, -0.15) is 0 Å². The van der Waals surface area contributed by atoms with Crippen molar-refractivity contribution >= 4 is 16.6 Å². The number of ether oxygens (including phenoxy) is 1. The molecule has 29 heavy (non-hydrogen) atoms. The molecule has 2 aromatic carbocycles. The Hall–Kier alpha value is -2.59. The van der Waals surface area contributed by atoms with Crippen LogP contribution in [0.2, 0.25) is 0 Å². The minimum atomic E-state index is 0.587. The molecule has 3 aromatic rings. The van der Waals surface area contributed by atoms with Gasteiger partial charge in [-0.05, 0) is 68.6 Å². The highest BCUT2D eigenvalue weighted by Gasteiger charge is 2.26. The van der Waals surface area contributed by atoms with E-state index >= 15 is 0 Å². The van der Waals surface area contributed by atoms with Crippen LogP contribution in [0.4, 0.5) is 5.69 Å². The van der Waals surface area contributed by atoms with E-state index in [0.29, 0.717) is 6.61 Å². The lowest BCUT2D eigenvalue weighted by Gasteiger charge is -2.37. The third-order valence-electron chi connectivity index (χ3n) is 6.37. The monoisotopic (exact) mass is 387 g/mol. The Balaban J connectivity index is 1.26. The molecule has 4 nitrogen and oxygen atoms in total. The predicted molar refractivity (Wildman–Crippen MR) is 119 cm³/mol. The van der Waals surface area contributed by atoms with E-state index in [1.54, 1.807) is 0 Å². The molecule has 2 aliphatic heterocycles. The van der Waals surface area contributed by atoms with Crippen molar-refractivity contribution in [2.75, 3.05) is 31.1 Å². The van der Waals surface area contributed by atoms with Gasteiger partial charge in [0.1, 0.15) is 12.4 Å². The number of fused-ring (bicyclic) bond motifs is 1. The smallest absolute Gasteiger partial charge is 0.120 e. The van der Waals surface area contributed by atoms with Gasteiger partial charge in [-0.15, -0.1) is 0 Å². The molecule has 0 spiro atoms. The molecule has 2 aliphatic rings. The number of benzene rings is 2. The second-order valence-corrected chi connectivity index (χ2v) is 8.28. The molecule has 0 unspecified atom stereocenters. The van der Waals surface area contributed by atoms with Crippen molar-refractivity contribution in [1.29, 1.82) is 0 Å². The Labute approximate surface area is 173 Å². The number of nitrogens with zero attached hydrogens (tertiary/aromatic N) is 3. The Morgan fingerprint density at radius 1 is 0.897 bits per heavy atom.